The van der Waals surface area contributed by atoms with Gasteiger partial charge in [-0.3, -0.25) is 4.79 Å². The molecule has 0 bridgehead atoms. The number of carbonyl (C=O) groups is 1. The van der Waals surface area contributed by atoms with Gasteiger partial charge < -0.3 is 5.32 Å². The Kier molecular flexibility index (Phi) is 6.28. The van der Waals surface area contributed by atoms with Crippen molar-refractivity contribution in [1.82, 2.24) is 4.31 Å². The molecule has 0 aliphatic heterocycles. The molecular formula is C15H13BrCl2N2O3S. The predicted octanol–water partition coefficient (Wildman–Crippen LogP) is 4.02. The lowest BCUT2D eigenvalue weighted by Crippen LogP contribution is -2.35. The smallest absolute Gasteiger partial charge is 0.244 e. The maximum atomic E-state index is 12.6. The SMILES string of the molecule is CN(CC(=O)Nc1ccccc1Br)S(=O)(=O)c1cc(Cl)ccc1Cl. The number of rotatable bonds is 5. The van der Waals surface area contributed by atoms with Crippen LogP contribution in [0.15, 0.2) is 51.8 Å². The molecule has 0 saturated heterocycles. The minimum Gasteiger partial charge on any atom is -0.324 e. The van der Waals surface area contributed by atoms with Gasteiger partial charge in [0, 0.05) is 16.5 Å². The largest absolute Gasteiger partial charge is 0.324 e. The van der Waals surface area contributed by atoms with Crippen LogP contribution < -0.4 is 5.32 Å². The number of benzene rings is 2. The number of carbonyl (C=O) groups excluding carboxylic acids is 1. The number of amides is 1. The lowest BCUT2D eigenvalue weighted by atomic mass is 10.3. The van der Waals surface area contributed by atoms with Crippen molar-refractivity contribution in [3.63, 3.8) is 0 Å². The number of hydrogen-bond donors (Lipinski definition) is 1. The average molecular weight is 452 g/mol. The first-order valence-electron chi connectivity index (χ1n) is 6.67. The van der Waals surface area contributed by atoms with Crippen LogP contribution in [0.5, 0.6) is 0 Å². The second-order valence-electron chi connectivity index (χ2n) is 4.86. The molecule has 0 aromatic heterocycles. The summed E-state index contributed by atoms with van der Waals surface area (Å²) in [5.41, 5.74) is 0.550. The summed E-state index contributed by atoms with van der Waals surface area (Å²) in [7, 11) is -2.65. The molecule has 0 atom stereocenters. The first-order chi connectivity index (χ1) is 11.2. The van der Waals surface area contributed by atoms with Gasteiger partial charge in [-0.05, 0) is 46.3 Å². The van der Waals surface area contributed by atoms with Crippen LogP contribution in [0.4, 0.5) is 5.69 Å². The van der Waals surface area contributed by atoms with Gasteiger partial charge in [0.25, 0.3) is 0 Å². The Hall–Kier alpha value is -1.12. The van der Waals surface area contributed by atoms with Crippen LogP contribution >= 0.6 is 39.1 Å². The minimum atomic E-state index is -3.95. The highest BCUT2D eigenvalue weighted by molar-refractivity contribution is 9.10. The van der Waals surface area contributed by atoms with Crippen LogP contribution in [-0.2, 0) is 14.8 Å². The summed E-state index contributed by atoms with van der Waals surface area (Å²) in [4.78, 5) is 12.0. The molecule has 0 saturated carbocycles. The predicted molar refractivity (Wildman–Crippen MR) is 99.0 cm³/mol. The Morgan fingerprint density at radius 3 is 2.54 bits per heavy atom. The van der Waals surface area contributed by atoms with Crippen molar-refractivity contribution in [1.29, 1.82) is 0 Å². The zero-order valence-electron chi connectivity index (χ0n) is 12.5. The molecule has 0 radical (unpaired) electrons. The number of sulfonamides is 1. The second-order valence-corrected chi connectivity index (χ2v) is 8.58. The van der Waals surface area contributed by atoms with Crippen molar-refractivity contribution in [2.45, 2.75) is 4.90 Å². The van der Waals surface area contributed by atoms with E-state index in [2.05, 4.69) is 21.2 Å². The molecule has 0 unspecified atom stereocenters. The van der Waals surface area contributed by atoms with Crippen LogP contribution in [0, 0.1) is 0 Å². The number of nitrogens with zero attached hydrogens (tertiary/aromatic N) is 1. The van der Waals surface area contributed by atoms with Gasteiger partial charge in [-0.2, -0.15) is 4.31 Å². The van der Waals surface area contributed by atoms with E-state index in [0.29, 0.717) is 10.2 Å². The highest BCUT2D eigenvalue weighted by Crippen LogP contribution is 2.27. The van der Waals surface area contributed by atoms with Crippen molar-refractivity contribution in [2.75, 3.05) is 18.9 Å². The Labute approximate surface area is 158 Å². The van der Waals surface area contributed by atoms with Crippen LogP contribution in [0.3, 0.4) is 0 Å². The molecule has 0 aliphatic rings. The Morgan fingerprint density at radius 1 is 1.21 bits per heavy atom. The van der Waals surface area contributed by atoms with Crippen LogP contribution in [0.2, 0.25) is 10.0 Å². The third kappa shape index (κ3) is 4.49. The molecule has 0 aliphatic carbocycles. The van der Waals surface area contributed by atoms with Gasteiger partial charge >= 0.3 is 0 Å². The van der Waals surface area contributed by atoms with Crippen LogP contribution in [0.25, 0.3) is 0 Å². The van der Waals surface area contributed by atoms with E-state index in [0.717, 1.165) is 4.31 Å². The molecule has 9 heteroatoms. The van der Waals surface area contributed by atoms with Gasteiger partial charge in [0.05, 0.1) is 17.3 Å². The van der Waals surface area contributed by atoms with Gasteiger partial charge in [-0.1, -0.05) is 35.3 Å². The molecule has 0 heterocycles. The average Bonchev–Trinajstić information content (AvgIpc) is 2.51. The van der Waals surface area contributed by atoms with Crippen LogP contribution in [0.1, 0.15) is 0 Å². The normalized spacial score (nSPS) is 11.5. The summed E-state index contributed by atoms with van der Waals surface area (Å²) in [6.07, 6.45) is 0. The Balaban J connectivity index is 2.16. The summed E-state index contributed by atoms with van der Waals surface area (Å²) in [6.45, 7) is -0.369. The van der Waals surface area contributed by atoms with Gasteiger partial charge in [0.2, 0.25) is 15.9 Å². The fourth-order valence-electron chi connectivity index (χ4n) is 1.88. The number of hydrogen-bond acceptors (Lipinski definition) is 3. The summed E-state index contributed by atoms with van der Waals surface area (Å²) in [6, 6.07) is 11.2. The first kappa shape index (κ1) is 19.2. The molecule has 0 fully saturated rings. The maximum absolute atomic E-state index is 12.6. The van der Waals surface area contributed by atoms with Crippen molar-refractivity contribution in [3.05, 3.63) is 57.0 Å². The standard InChI is InChI=1S/C15H13BrCl2N2O3S/c1-20(9-15(21)19-13-5-3-2-4-11(13)16)24(22,23)14-8-10(17)6-7-12(14)18/h2-8H,9H2,1H3,(H,19,21). The monoisotopic (exact) mass is 450 g/mol. The lowest BCUT2D eigenvalue weighted by Gasteiger charge is -2.18. The minimum absolute atomic E-state index is 0.0393. The van der Waals surface area contributed by atoms with Crippen LogP contribution in [-0.4, -0.2) is 32.2 Å². The molecule has 128 valence electrons. The molecule has 24 heavy (non-hydrogen) atoms. The number of likely N-dealkylation sites (N-methyl/N-ethyl adjacent to an activating group) is 1. The van der Waals surface area contributed by atoms with E-state index < -0.39 is 15.9 Å². The van der Waals surface area contributed by atoms with Gasteiger partial charge in [-0.15, -0.1) is 0 Å². The zero-order chi connectivity index (χ0) is 17.9. The number of para-hydroxylation sites is 1. The topological polar surface area (TPSA) is 66.5 Å². The quantitative estimate of drug-likeness (QED) is 0.746. The summed E-state index contributed by atoms with van der Waals surface area (Å²) in [5.74, 6) is -0.480. The maximum Gasteiger partial charge on any atom is 0.244 e. The Bertz CT molecular complexity index is 875. The van der Waals surface area contributed by atoms with Crippen molar-refractivity contribution in [3.8, 4) is 0 Å². The van der Waals surface area contributed by atoms with Crippen molar-refractivity contribution in [2.24, 2.45) is 0 Å². The van der Waals surface area contributed by atoms with Gasteiger partial charge in [0.1, 0.15) is 4.90 Å². The zero-order valence-corrected chi connectivity index (χ0v) is 16.4. The summed E-state index contributed by atoms with van der Waals surface area (Å²) >= 11 is 15.1. The molecular weight excluding hydrogens is 439 g/mol. The molecule has 2 rings (SSSR count). The fraction of sp³-hybridized carbons (Fsp3) is 0.133. The van der Waals surface area contributed by atoms with E-state index in [9.17, 15) is 13.2 Å². The highest BCUT2D eigenvalue weighted by atomic mass is 79.9. The molecule has 1 N–H and O–H groups in total. The number of halogens is 3. The molecule has 5 nitrogen and oxygen atoms in total. The van der Waals surface area contributed by atoms with E-state index >= 15 is 0 Å². The highest BCUT2D eigenvalue weighted by Gasteiger charge is 2.25. The van der Waals surface area contributed by atoms with E-state index in [1.807, 2.05) is 0 Å². The van der Waals surface area contributed by atoms with Crippen molar-refractivity contribution < 1.29 is 13.2 Å². The molecule has 2 aromatic rings. The van der Waals surface area contributed by atoms with E-state index in [1.165, 1.54) is 25.2 Å². The summed E-state index contributed by atoms with van der Waals surface area (Å²) < 4.78 is 26.7. The second kappa shape index (κ2) is 7.84. The van der Waals surface area contributed by atoms with E-state index in [-0.39, 0.29) is 21.5 Å². The molecule has 0 spiro atoms. The molecule has 2 aromatic carbocycles. The lowest BCUT2D eigenvalue weighted by molar-refractivity contribution is -0.116. The van der Waals surface area contributed by atoms with Gasteiger partial charge in [-0.25, -0.2) is 8.42 Å². The third-order valence-electron chi connectivity index (χ3n) is 3.10. The first-order valence-corrected chi connectivity index (χ1v) is 9.66. The van der Waals surface area contributed by atoms with Crippen molar-refractivity contribution >= 4 is 60.7 Å². The molecule has 1 amide bonds. The fourth-order valence-corrected chi connectivity index (χ4v) is 4.13. The Morgan fingerprint density at radius 2 is 1.88 bits per heavy atom. The number of nitrogens with one attached hydrogen (secondary N) is 1. The van der Waals surface area contributed by atoms with E-state index in [4.69, 9.17) is 23.2 Å². The summed E-state index contributed by atoms with van der Waals surface area (Å²) in [5, 5.41) is 2.92. The van der Waals surface area contributed by atoms with E-state index in [1.54, 1.807) is 24.3 Å². The van der Waals surface area contributed by atoms with Gasteiger partial charge in [0.15, 0.2) is 0 Å². The third-order valence-corrected chi connectivity index (χ3v) is 6.31. The number of anilines is 1.